The number of carboxylic acid groups (broad SMARTS) is 1. The van der Waals surface area contributed by atoms with E-state index in [9.17, 15) is 4.79 Å². The summed E-state index contributed by atoms with van der Waals surface area (Å²) < 4.78 is 1.76. The van der Waals surface area contributed by atoms with Gasteiger partial charge in [-0.2, -0.15) is 5.10 Å². The molecule has 15 heavy (non-hydrogen) atoms. The third-order valence-corrected chi connectivity index (χ3v) is 3.23. The minimum Gasteiger partial charge on any atom is -0.478 e. The van der Waals surface area contributed by atoms with Crippen molar-refractivity contribution < 1.29 is 9.90 Å². The van der Waals surface area contributed by atoms with Gasteiger partial charge in [-0.15, -0.1) is 0 Å². The maximum Gasteiger partial charge on any atom is 0.338 e. The largest absolute Gasteiger partial charge is 0.478 e. The van der Waals surface area contributed by atoms with Gasteiger partial charge in [-0.3, -0.25) is 4.68 Å². The molecule has 1 fully saturated rings. The van der Waals surface area contributed by atoms with Gasteiger partial charge < -0.3 is 5.11 Å². The van der Waals surface area contributed by atoms with Crippen LogP contribution in [0.1, 0.15) is 43.0 Å². The van der Waals surface area contributed by atoms with Crippen molar-refractivity contribution >= 4 is 5.97 Å². The van der Waals surface area contributed by atoms with Crippen LogP contribution in [0.2, 0.25) is 0 Å². The van der Waals surface area contributed by atoms with Crippen molar-refractivity contribution in [2.24, 2.45) is 5.41 Å². The van der Waals surface area contributed by atoms with Gasteiger partial charge in [0, 0.05) is 12.7 Å². The molecule has 1 N–H and O–H groups in total. The molecule has 1 aliphatic rings. The Morgan fingerprint density at radius 2 is 2.27 bits per heavy atom. The van der Waals surface area contributed by atoms with Crippen LogP contribution in [0.3, 0.4) is 0 Å². The van der Waals surface area contributed by atoms with Crippen molar-refractivity contribution in [1.29, 1.82) is 0 Å². The van der Waals surface area contributed by atoms with Gasteiger partial charge in [-0.05, 0) is 18.3 Å². The highest BCUT2D eigenvalue weighted by atomic mass is 16.4. The number of nitrogens with zero attached hydrogens (tertiary/aromatic N) is 2. The number of aromatic nitrogens is 2. The Labute approximate surface area is 88.9 Å². The Morgan fingerprint density at radius 1 is 1.60 bits per heavy atom. The fourth-order valence-electron chi connectivity index (χ4n) is 2.34. The molecule has 0 amide bonds. The van der Waals surface area contributed by atoms with Crippen LogP contribution in [0.25, 0.3) is 0 Å². The molecule has 82 valence electrons. The zero-order valence-corrected chi connectivity index (χ0v) is 8.94. The van der Waals surface area contributed by atoms with Gasteiger partial charge in [0.1, 0.15) is 0 Å². The minimum atomic E-state index is -0.905. The summed E-state index contributed by atoms with van der Waals surface area (Å²) in [5, 5.41) is 12.9. The van der Waals surface area contributed by atoms with Gasteiger partial charge in [-0.1, -0.05) is 19.8 Å². The highest BCUT2D eigenvalue weighted by Gasteiger charge is 2.29. The first-order valence-electron chi connectivity index (χ1n) is 5.35. The van der Waals surface area contributed by atoms with E-state index in [-0.39, 0.29) is 5.56 Å². The van der Waals surface area contributed by atoms with Crippen LogP contribution in [-0.2, 0) is 6.54 Å². The van der Waals surface area contributed by atoms with E-state index >= 15 is 0 Å². The maximum absolute atomic E-state index is 10.7. The van der Waals surface area contributed by atoms with Crippen LogP contribution < -0.4 is 0 Å². The number of hydrogen-bond acceptors (Lipinski definition) is 2. The molecule has 2 rings (SSSR count). The number of carbonyl (C=O) groups is 1. The Hall–Kier alpha value is -1.32. The average molecular weight is 208 g/mol. The summed E-state index contributed by atoms with van der Waals surface area (Å²) in [6.07, 6.45) is 8.03. The Kier molecular flexibility index (Phi) is 2.50. The van der Waals surface area contributed by atoms with Crippen molar-refractivity contribution in [1.82, 2.24) is 9.78 Å². The molecule has 0 unspecified atom stereocenters. The van der Waals surface area contributed by atoms with Gasteiger partial charge in [0.2, 0.25) is 0 Å². The first kappa shape index (κ1) is 10.2. The maximum atomic E-state index is 10.7. The molecular weight excluding hydrogens is 192 g/mol. The number of carboxylic acids is 1. The lowest BCUT2D eigenvalue weighted by atomic mass is 9.89. The molecule has 1 aromatic heterocycles. The predicted molar refractivity (Wildman–Crippen MR) is 55.8 cm³/mol. The summed E-state index contributed by atoms with van der Waals surface area (Å²) in [6.45, 7) is 3.09. The molecule has 1 aromatic rings. The van der Waals surface area contributed by atoms with Crippen molar-refractivity contribution in [3.63, 3.8) is 0 Å². The Balaban J connectivity index is 2.07. The quantitative estimate of drug-likeness (QED) is 0.828. The van der Waals surface area contributed by atoms with Gasteiger partial charge in [0.15, 0.2) is 0 Å². The van der Waals surface area contributed by atoms with E-state index < -0.39 is 5.97 Å². The second kappa shape index (κ2) is 3.68. The van der Waals surface area contributed by atoms with E-state index in [1.54, 1.807) is 10.9 Å². The van der Waals surface area contributed by atoms with Gasteiger partial charge in [0.05, 0.1) is 11.8 Å². The summed E-state index contributed by atoms with van der Waals surface area (Å²) in [6, 6.07) is 0. The molecule has 0 radical (unpaired) electrons. The lowest BCUT2D eigenvalue weighted by Gasteiger charge is -2.22. The van der Waals surface area contributed by atoms with Crippen LogP contribution in [0.4, 0.5) is 0 Å². The number of hydrogen-bond donors (Lipinski definition) is 1. The lowest BCUT2D eigenvalue weighted by molar-refractivity contribution is 0.0696. The lowest BCUT2D eigenvalue weighted by Crippen LogP contribution is -2.19. The molecular formula is C11H16N2O2. The molecule has 0 aliphatic heterocycles. The summed E-state index contributed by atoms with van der Waals surface area (Å²) in [4.78, 5) is 10.7. The molecule has 0 aromatic carbocycles. The van der Waals surface area contributed by atoms with Crippen LogP contribution >= 0.6 is 0 Å². The normalized spacial score (nSPS) is 19.3. The van der Waals surface area contributed by atoms with Gasteiger partial charge in [0.25, 0.3) is 0 Å². The number of rotatable bonds is 3. The summed E-state index contributed by atoms with van der Waals surface area (Å²) >= 11 is 0. The first-order chi connectivity index (χ1) is 7.09. The molecule has 1 saturated carbocycles. The molecule has 4 heteroatoms. The zero-order valence-electron chi connectivity index (χ0n) is 8.94. The molecule has 0 spiro atoms. The van der Waals surface area contributed by atoms with E-state index in [2.05, 4.69) is 12.0 Å². The average Bonchev–Trinajstić information content (AvgIpc) is 2.75. The predicted octanol–water partition coefficient (Wildman–Crippen LogP) is 2.16. The molecule has 4 nitrogen and oxygen atoms in total. The van der Waals surface area contributed by atoms with Crippen molar-refractivity contribution in [2.75, 3.05) is 0 Å². The van der Waals surface area contributed by atoms with E-state index in [1.807, 2.05) is 0 Å². The highest BCUT2D eigenvalue weighted by Crippen LogP contribution is 2.38. The molecule has 1 aliphatic carbocycles. The third-order valence-electron chi connectivity index (χ3n) is 3.23. The smallest absolute Gasteiger partial charge is 0.338 e. The van der Waals surface area contributed by atoms with E-state index in [1.165, 1.54) is 31.9 Å². The van der Waals surface area contributed by atoms with Gasteiger partial charge in [-0.25, -0.2) is 4.79 Å². The van der Waals surface area contributed by atoms with E-state index in [0.29, 0.717) is 5.41 Å². The first-order valence-corrected chi connectivity index (χ1v) is 5.35. The molecule has 0 saturated heterocycles. The van der Waals surface area contributed by atoms with Gasteiger partial charge >= 0.3 is 5.97 Å². The molecule has 0 bridgehead atoms. The standard InChI is InChI=1S/C11H16N2O2/c1-11(4-2-3-5-11)8-13-7-9(6-12-13)10(14)15/h6-7H,2-5,8H2,1H3,(H,14,15). The van der Waals surface area contributed by atoms with Crippen molar-refractivity contribution in [3.8, 4) is 0 Å². The Morgan fingerprint density at radius 3 is 2.80 bits per heavy atom. The fourth-order valence-corrected chi connectivity index (χ4v) is 2.34. The van der Waals surface area contributed by atoms with Crippen molar-refractivity contribution in [2.45, 2.75) is 39.2 Å². The fraction of sp³-hybridized carbons (Fsp3) is 0.636. The molecule has 1 heterocycles. The van der Waals surface area contributed by atoms with E-state index in [0.717, 1.165) is 6.54 Å². The highest BCUT2D eigenvalue weighted by molar-refractivity contribution is 5.86. The monoisotopic (exact) mass is 208 g/mol. The number of aromatic carboxylic acids is 1. The SMILES string of the molecule is CC1(Cn2cc(C(=O)O)cn2)CCCC1. The van der Waals surface area contributed by atoms with Crippen LogP contribution in [0.15, 0.2) is 12.4 Å². The van der Waals surface area contributed by atoms with Crippen LogP contribution in [0.5, 0.6) is 0 Å². The second-order valence-corrected chi connectivity index (χ2v) is 4.75. The summed E-state index contributed by atoms with van der Waals surface area (Å²) in [5.41, 5.74) is 0.582. The van der Waals surface area contributed by atoms with Crippen LogP contribution in [-0.4, -0.2) is 20.9 Å². The second-order valence-electron chi connectivity index (χ2n) is 4.75. The zero-order chi connectivity index (χ0) is 10.9. The van der Waals surface area contributed by atoms with Crippen molar-refractivity contribution in [3.05, 3.63) is 18.0 Å². The minimum absolute atomic E-state index is 0.275. The van der Waals surface area contributed by atoms with Crippen LogP contribution in [0, 0.1) is 5.41 Å². The topological polar surface area (TPSA) is 55.1 Å². The Bertz CT molecular complexity index is 364. The summed E-state index contributed by atoms with van der Waals surface area (Å²) in [7, 11) is 0. The molecule has 0 atom stereocenters. The van der Waals surface area contributed by atoms with E-state index in [4.69, 9.17) is 5.11 Å². The third kappa shape index (κ3) is 2.19. The summed E-state index contributed by atoms with van der Waals surface area (Å²) in [5.74, 6) is -0.905.